The first-order valence-electron chi connectivity index (χ1n) is 11.0. The van der Waals surface area contributed by atoms with Crippen LogP contribution >= 0.6 is 23.1 Å². The van der Waals surface area contributed by atoms with Crippen LogP contribution in [0, 0.1) is 6.92 Å². The van der Waals surface area contributed by atoms with Gasteiger partial charge < -0.3 is 10.3 Å². The first-order chi connectivity index (χ1) is 15.9. The zero-order valence-corrected chi connectivity index (χ0v) is 20.8. The highest BCUT2D eigenvalue weighted by atomic mass is 32.2. The molecule has 0 fully saturated rings. The van der Waals surface area contributed by atoms with Crippen LogP contribution in [0.25, 0.3) is 21.3 Å². The minimum absolute atomic E-state index is 0.104. The van der Waals surface area contributed by atoms with Crippen LogP contribution in [-0.2, 0) is 4.79 Å². The zero-order valence-electron chi connectivity index (χ0n) is 19.1. The molecule has 1 atom stereocenters. The van der Waals surface area contributed by atoms with E-state index in [1.807, 2.05) is 43.5 Å². The summed E-state index contributed by atoms with van der Waals surface area (Å²) < 4.78 is 0. The van der Waals surface area contributed by atoms with Gasteiger partial charge in [0, 0.05) is 16.6 Å². The SMILES string of the molecule is CCC(Sc1nc2scc(-c3ccc(C(C)C)cc3)c2c(=O)[nH]1)C(=O)Nc1cccc(C)c1. The van der Waals surface area contributed by atoms with Crippen molar-refractivity contribution in [3.63, 3.8) is 0 Å². The molecule has 0 aliphatic heterocycles. The molecule has 2 N–H and O–H groups in total. The number of anilines is 1. The maximum Gasteiger partial charge on any atom is 0.260 e. The summed E-state index contributed by atoms with van der Waals surface area (Å²) in [6.07, 6.45) is 0.613. The normalized spacial score (nSPS) is 12.3. The van der Waals surface area contributed by atoms with Crippen LogP contribution in [0.2, 0.25) is 0 Å². The number of thioether (sulfide) groups is 1. The number of carbonyl (C=O) groups is 1. The molecule has 1 unspecified atom stereocenters. The second-order valence-electron chi connectivity index (χ2n) is 8.35. The lowest BCUT2D eigenvalue weighted by molar-refractivity contribution is -0.115. The standard InChI is InChI=1S/C26H27N3O2S2/c1-5-21(23(30)27-19-8-6-7-16(4)13-19)33-26-28-24(31)22-20(14-32-25(22)29-26)18-11-9-17(10-12-18)15(2)3/h6-15,21H,5H2,1-4H3,(H,27,30)(H,28,29,31). The number of nitrogens with one attached hydrogen (secondary N) is 2. The highest BCUT2D eigenvalue weighted by Crippen LogP contribution is 2.33. The molecule has 0 aliphatic carbocycles. The third kappa shape index (κ3) is 5.20. The first-order valence-corrected chi connectivity index (χ1v) is 12.8. The number of rotatable bonds is 7. The molecule has 4 aromatic rings. The molecule has 33 heavy (non-hydrogen) atoms. The molecule has 170 valence electrons. The molecular formula is C26H27N3O2S2. The number of benzene rings is 2. The van der Waals surface area contributed by atoms with Gasteiger partial charge in [-0.2, -0.15) is 0 Å². The molecule has 1 amide bonds. The van der Waals surface area contributed by atoms with Crippen molar-refractivity contribution in [1.29, 1.82) is 0 Å². The van der Waals surface area contributed by atoms with Crippen LogP contribution in [0.15, 0.2) is 63.9 Å². The Morgan fingerprint density at radius 1 is 1.18 bits per heavy atom. The highest BCUT2D eigenvalue weighted by molar-refractivity contribution is 8.00. The van der Waals surface area contributed by atoms with Gasteiger partial charge in [-0.05, 0) is 48.1 Å². The summed E-state index contributed by atoms with van der Waals surface area (Å²) in [4.78, 5) is 34.1. The fourth-order valence-electron chi connectivity index (χ4n) is 3.65. The van der Waals surface area contributed by atoms with Gasteiger partial charge in [0.25, 0.3) is 5.56 Å². The lowest BCUT2D eigenvalue weighted by atomic mass is 9.99. The Kier molecular flexibility index (Phi) is 7.00. The summed E-state index contributed by atoms with van der Waals surface area (Å²) in [6.45, 7) is 8.26. The van der Waals surface area contributed by atoms with Gasteiger partial charge in [0.05, 0.1) is 10.6 Å². The topological polar surface area (TPSA) is 74.8 Å². The minimum Gasteiger partial charge on any atom is -0.325 e. The Morgan fingerprint density at radius 2 is 1.94 bits per heavy atom. The average molecular weight is 478 g/mol. The predicted molar refractivity (Wildman–Crippen MR) is 140 cm³/mol. The summed E-state index contributed by atoms with van der Waals surface area (Å²) >= 11 is 2.74. The van der Waals surface area contributed by atoms with Gasteiger partial charge in [0.15, 0.2) is 5.16 Å². The van der Waals surface area contributed by atoms with Crippen molar-refractivity contribution in [1.82, 2.24) is 9.97 Å². The zero-order chi connectivity index (χ0) is 23.5. The summed E-state index contributed by atoms with van der Waals surface area (Å²) in [5, 5.41) is 5.64. The van der Waals surface area contributed by atoms with Crippen molar-refractivity contribution in [2.24, 2.45) is 0 Å². The quantitative estimate of drug-likeness (QED) is 0.232. The van der Waals surface area contributed by atoms with Crippen LogP contribution in [0.5, 0.6) is 0 Å². The monoisotopic (exact) mass is 477 g/mol. The highest BCUT2D eigenvalue weighted by Gasteiger charge is 2.21. The van der Waals surface area contributed by atoms with Crippen molar-refractivity contribution in [3.8, 4) is 11.1 Å². The number of aromatic amines is 1. The van der Waals surface area contributed by atoms with Crippen LogP contribution in [-0.4, -0.2) is 21.1 Å². The van der Waals surface area contributed by atoms with Gasteiger partial charge in [0.2, 0.25) is 5.91 Å². The fourth-order valence-corrected chi connectivity index (χ4v) is 5.55. The maximum absolute atomic E-state index is 13.0. The molecule has 5 nitrogen and oxygen atoms in total. The number of amides is 1. The van der Waals surface area contributed by atoms with E-state index in [4.69, 9.17) is 0 Å². The van der Waals surface area contributed by atoms with Crippen molar-refractivity contribution in [3.05, 3.63) is 75.4 Å². The number of hydrogen-bond donors (Lipinski definition) is 2. The van der Waals surface area contributed by atoms with E-state index in [-0.39, 0.29) is 16.7 Å². The molecule has 7 heteroatoms. The minimum atomic E-state index is -0.367. The van der Waals surface area contributed by atoms with E-state index in [1.165, 1.54) is 28.7 Å². The van der Waals surface area contributed by atoms with Crippen LogP contribution in [0.1, 0.15) is 44.2 Å². The number of fused-ring (bicyclic) bond motifs is 1. The molecule has 2 aromatic carbocycles. The average Bonchev–Trinajstić information content (AvgIpc) is 3.22. The molecule has 4 rings (SSSR count). The molecule has 2 heterocycles. The van der Waals surface area contributed by atoms with Crippen molar-refractivity contribution >= 4 is 44.9 Å². The van der Waals surface area contributed by atoms with Gasteiger partial charge >= 0.3 is 0 Å². The summed E-state index contributed by atoms with van der Waals surface area (Å²) in [5.74, 6) is 0.352. The Bertz CT molecular complexity index is 1340. The Labute approximate surface area is 201 Å². The fraction of sp³-hybridized carbons (Fsp3) is 0.269. The largest absolute Gasteiger partial charge is 0.325 e. The van der Waals surface area contributed by atoms with E-state index in [2.05, 4.69) is 53.4 Å². The molecule has 0 saturated carbocycles. The number of H-pyrrole nitrogens is 1. The van der Waals surface area contributed by atoms with E-state index >= 15 is 0 Å². The van der Waals surface area contributed by atoms with Crippen molar-refractivity contribution in [2.45, 2.75) is 50.4 Å². The Hall–Kier alpha value is -2.90. The summed E-state index contributed by atoms with van der Waals surface area (Å²) in [5.41, 5.74) is 4.82. The van der Waals surface area contributed by atoms with Gasteiger partial charge in [-0.25, -0.2) is 4.98 Å². The van der Waals surface area contributed by atoms with E-state index < -0.39 is 0 Å². The summed E-state index contributed by atoms with van der Waals surface area (Å²) in [6, 6.07) is 16.0. The van der Waals surface area contributed by atoms with Gasteiger partial charge in [-0.15, -0.1) is 11.3 Å². The van der Waals surface area contributed by atoms with E-state index in [0.717, 1.165) is 22.4 Å². The number of aromatic nitrogens is 2. The van der Waals surface area contributed by atoms with Crippen LogP contribution in [0.3, 0.4) is 0 Å². The number of thiophene rings is 1. The molecule has 0 aliphatic rings. The second-order valence-corrected chi connectivity index (χ2v) is 10.4. The number of hydrogen-bond acceptors (Lipinski definition) is 5. The summed E-state index contributed by atoms with van der Waals surface area (Å²) in [7, 11) is 0. The molecular weight excluding hydrogens is 450 g/mol. The van der Waals surface area contributed by atoms with Gasteiger partial charge in [-0.1, -0.05) is 68.9 Å². The molecule has 2 aromatic heterocycles. The third-order valence-electron chi connectivity index (χ3n) is 5.51. The smallest absolute Gasteiger partial charge is 0.260 e. The van der Waals surface area contributed by atoms with E-state index in [0.29, 0.717) is 27.7 Å². The number of aryl methyl sites for hydroxylation is 1. The molecule has 0 spiro atoms. The van der Waals surface area contributed by atoms with E-state index in [1.54, 1.807) is 0 Å². The Morgan fingerprint density at radius 3 is 2.61 bits per heavy atom. The second kappa shape index (κ2) is 9.93. The van der Waals surface area contributed by atoms with Crippen LogP contribution in [0.4, 0.5) is 5.69 Å². The Balaban J connectivity index is 1.57. The van der Waals surface area contributed by atoms with Crippen molar-refractivity contribution in [2.75, 3.05) is 5.32 Å². The predicted octanol–water partition coefficient (Wildman–Crippen LogP) is 6.59. The number of nitrogens with zero attached hydrogens (tertiary/aromatic N) is 1. The lowest BCUT2D eigenvalue weighted by Gasteiger charge is -2.14. The maximum atomic E-state index is 13.0. The molecule has 0 saturated heterocycles. The van der Waals surface area contributed by atoms with E-state index in [9.17, 15) is 9.59 Å². The third-order valence-corrected chi connectivity index (χ3v) is 7.63. The van der Waals surface area contributed by atoms with Crippen LogP contribution < -0.4 is 10.9 Å². The number of carbonyl (C=O) groups excluding carboxylic acids is 1. The lowest BCUT2D eigenvalue weighted by Crippen LogP contribution is -2.25. The van der Waals surface area contributed by atoms with Gasteiger partial charge in [-0.3, -0.25) is 9.59 Å². The van der Waals surface area contributed by atoms with Crippen molar-refractivity contribution < 1.29 is 4.79 Å². The molecule has 0 radical (unpaired) electrons. The van der Waals surface area contributed by atoms with Gasteiger partial charge in [0.1, 0.15) is 4.83 Å². The first kappa shape index (κ1) is 23.3. The molecule has 0 bridgehead atoms.